The summed E-state index contributed by atoms with van der Waals surface area (Å²) in [5.41, 5.74) is 0.365. The summed E-state index contributed by atoms with van der Waals surface area (Å²) < 4.78 is 31.8. The van der Waals surface area contributed by atoms with Gasteiger partial charge >= 0.3 is 0 Å². The maximum Gasteiger partial charge on any atom is 0.241 e. The molecule has 2 aromatic rings. The third kappa shape index (κ3) is 3.12. The maximum atomic E-state index is 13.5. The van der Waals surface area contributed by atoms with Crippen LogP contribution in [0.25, 0.3) is 11.4 Å². The van der Waals surface area contributed by atoms with Crippen molar-refractivity contribution in [2.75, 3.05) is 26.2 Å². The number of piperazine rings is 1. The van der Waals surface area contributed by atoms with E-state index in [1.54, 1.807) is 0 Å². The minimum atomic E-state index is -0.957. The van der Waals surface area contributed by atoms with E-state index in [2.05, 4.69) is 36.3 Å². The first-order chi connectivity index (χ1) is 10.1. The molecule has 0 unspecified atom stereocenters. The first kappa shape index (κ1) is 14.6. The van der Waals surface area contributed by atoms with Crippen LogP contribution in [0.1, 0.15) is 5.89 Å². The summed E-state index contributed by atoms with van der Waals surface area (Å²) in [7, 11) is 0. The van der Waals surface area contributed by atoms with Gasteiger partial charge in [-0.05, 0) is 28.1 Å². The summed E-state index contributed by atoms with van der Waals surface area (Å²) in [5.74, 6) is -1.18. The van der Waals surface area contributed by atoms with Crippen molar-refractivity contribution >= 4 is 15.9 Å². The maximum absolute atomic E-state index is 13.5. The van der Waals surface area contributed by atoms with Gasteiger partial charge < -0.3 is 9.84 Å². The highest BCUT2D eigenvalue weighted by atomic mass is 79.9. The van der Waals surface area contributed by atoms with E-state index in [4.69, 9.17) is 4.52 Å². The number of hydrogen-bond acceptors (Lipinski definition) is 5. The molecule has 0 saturated carbocycles. The van der Waals surface area contributed by atoms with Gasteiger partial charge in [0.25, 0.3) is 0 Å². The largest absolute Gasteiger partial charge is 0.338 e. The quantitative estimate of drug-likeness (QED) is 0.852. The molecule has 0 amide bonds. The molecular formula is C13H13BrF2N4O. The summed E-state index contributed by atoms with van der Waals surface area (Å²) in [6, 6.07) is 2.46. The molecule has 0 radical (unpaired) electrons. The fraction of sp³-hybridized carbons (Fsp3) is 0.385. The van der Waals surface area contributed by atoms with E-state index in [0.29, 0.717) is 18.0 Å². The fourth-order valence-electron chi connectivity index (χ4n) is 2.19. The molecule has 1 aromatic heterocycles. The first-order valence-corrected chi connectivity index (χ1v) is 7.34. The van der Waals surface area contributed by atoms with E-state index in [1.807, 2.05) is 0 Å². The lowest BCUT2D eigenvalue weighted by Gasteiger charge is -2.25. The summed E-state index contributed by atoms with van der Waals surface area (Å²) in [5, 5.41) is 7.09. The van der Waals surface area contributed by atoms with Crippen LogP contribution in [0.3, 0.4) is 0 Å². The number of hydrogen-bond donors (Lipinski definition) is 1. The van der Waals surface area contributed by atoms with Crippen LogP contribution in [0.15, 0.2) is 21.1 Å². The van der Waals surface area contributed by atoms with Crippen molar-refractivity contribution in [1.29, 1.82) is 0 Å². The van der Waals surface area contributed by atoms with Crippen molar-refractivity contribution in [1.82, 2.24) is 20.4 Å². The third-order valence-electron chi connectivity index (χ3n) is 3.31. The molecule has 3 rings (SSSR count). The van der Waals surface area contributed by atoms with Crippen LogP contribution >= 0.6 is 15.9 Å². The molecule has 0 spiro atoms. The van der Waals surface area contributed by atoms with Crippen LogP contribution < -0.4 is 5.32 Å². The van der Waals surface area contributed by atoms with Gasteiger partial charge in [0.2, 0.25) is 11.7 Å². The number of halogens is 3. The van der Waals surface area contributed by atoms with Gasteiger partial charge in [0.15, 0.2) is 11.6 Å². The molecule has 0 aliphatic carbocycles. The summed E-state index contributed by atoms with van der Waals surface area (Å²) >= 11 is 3.02. The van der Waals surface area contributed by atoms with Crippen molar-refractivity contribution in [3.63, 3.8) is 0 Å². The van der Waals surface area contributed by atoms with Crippen molar-refractivity contribution in [2.24, 2.45) is 0 Å². The van der Waals surface area contributed by atoms with Gasteiger partial charge in [-0.2, -0.15) is 4.98 Å². The summed E-state index contributed by atoms with van der Waals surface area (Å²) in [4.78, 5) is 6.44. The molecule has 1 saturated heterocycles. The van der Waals surface area contributed by atoms with E-state index in [1.165, 1.54) is 6.07 Å². The third-order valence-corrected chi connectivity index (χ3v) is 4.09. The highest BCUT2D eigenvalue weighted by Crippen LogP contribution is 2.30. The second-order valence-electron chi connectivity index (χ2n) is 4.76. The first-order valence-electron chi connectivity index (χ1n) is 6.54. The van der Waals surface area contributed by atoms with Crippen molar-refractivity contribution in [2.45, 2.75) is 6.54 Å². The van der Waals surface area contributed by atoms with Crippen LogP contribution in [0.4, 0.5) is 8.78 Å². The Morgan fingerprint density at radius 2 is 2.05 bits per heavy atom. The predicted molar refractivity (Wildman–Crippen MR) is 75.5 cm³/mol. The number of rotatable bonds is 3. The SMILES string of the molecule is Fc1ccc(-c2noc(CN3CCNCC3)n2)c(Br)c1F. The minimum absolute atomic E-state index is 0.00276. The van der Waals surface area contributed by atoms with Gasteiger partial charge in [-0.3, -0.25) is 4.90 Å². The van der Waals surface area contributed by atoms with Gasteiger partial charge in [-0.25, -0.2) is 8.78 Å². The molecule has 0 bridgehead atoms. The van der Waals surface area contributed by atoms with Crippen molar-refractivity contribution in [3.05, 3.63) is 34.1 Å². The Hall–Kier alpha value is -1.38. The molecule has 0 atom stereocenters. The van der Waals surface area contributed by atoms with Crippen LogP contribution in [0.5, 0.6) is 0 Å². The Kier molecular flexibility index (Phi) is 4.27. The van der Waals surface area contributed by atoms with Crippen LogP contribution in [0.2, 0.25) is 0 Å². The Morgan fingerprint density at radius 1 is 1.29 bits per heavy atom. The smallest absolute Gasteiger partial charge is 0.241 e. The van der Waals surface area contributed by atoms with E-state index < -0.39 is 11.6 Å². The van der Waals surface area contributed by atoms with E-state index in [9.17, 15) is 8.78 Å². The average molecular weight is 359 g/mol. The highest BCUT2D eigenvalue weighted by molar-refractivity contribution is 9.10. The van der Waals surface area contributed by atoms with Gasteiger partial charge in [0, 0.05) is 31.7 Å². The number of benzene rings is 1. The highest BCUT2D eigenvalue weighted by Gasteiger charge is 2.18. The number of nitrogens with zero attached hydrogens (tertiary/aromatic N) is 3. The van der Waals surface area contributed by atoms with E-state index >= 15 is 0 Å². The molecule has 1 N–H and O–H groups in total. The van der Waals surface area contributed by atoms with Crippen LogP contribution in [-0.2, 0) is 6.54 Å². The van der Waals surface area contributed by atoms with Gasteiger partial charge in [-0.15, -0.1) is 0 Å². The Morgan fingerprint density at radius 3 is 2.81 bits per heavy atom. The lowest BCUT2D eigenvalue weighted by Crippen LogP contribution is -2.42. The van der Waals surface area contributed by atoms with Crippen molar-refractivity contribution < 1.29 is 13.3 Å². The zero-order chi connectivity index (χ0) is 14.8. The lowest BCUT2D eigenvalue weighted by molar-refractivity contribution is 0.203. The second-order valence-corrected chi connectivity index (χ2v) is 5.55. The molecule has 21 heavy (non-hydrogen) atoms. The van der Waals surface area contributed by atoms with E-state index in [0.717, 1.165) is 32.2 Å². The molecule has 1 aliphatic heterocycles. The van der Waals surface area contributed by atoms with Crippen LogP contribution in [-0.4, -0.2) is 41.2 Å². The molecule has 1 fully saturated rings. The zero-order valence-electron chi connectivity index (χ0n) is 11.1. The van der Waals surface area contributed by atoms with Gasteiger partial charge in [-0.1, -0.05) is 5.16 Å². The molecule has 1 aromatic carbocycles. The zero-order valence-corrected chi connectivity index (χ0v) is 12.7. The monoisotopic (exact) mass is 358 g/mol. The second kappa shape index (κ2) is 6.17. The Bertz CT molecular complexity index is 643. The standard InChI is InChI=1S/C13H13BrF2N4O/c14-11-8(1-2-9(15)12(11)16)13-18-10(21-19-13)7-20-5-3-17-4-6-20/h1-2,17H,3-7H2. The minimum Gasteiger partial charge on any atom is -0.338 e. The molecule has 5 nitrogen and oxygen atoms in total. The van der Waals surface area contributed by atoms with E-state index in [-0.39, 0.29) is 10.3 Å². The Balaban J connectivity index is 1.80. The summed E-state index contributed by atoms with van der Waals surface area (Å²) in [6.45, 7) is 4.22. The normalized spacial score (nSPS) is 16.3. The lowest BCUT2D eigenvalue weighted by atomic mass is 10.2. The van der Waals surface area contributed by atoms with Gasteiger partial charge in [0.1, 0.15) is 0 Å². The van der Waals surface area contributed by atoms with Crippen molar-refractivity contribution in [3.8, 4) is 11.4 Å². The molecule has 2 heterocycles. The number of aromatic nitrogens is 2. The van der Waals surface area contributed by atoms with Gasteiger partial charge in [0.05, 0.1) is 11.0 Å². The molecular weight excluding hydrogens is 346 g/mol. The molecule has 112 valence electrons. The molecule has 8 heteroatoms. The summed E-state index contributed by atoms with van der Waals surface area (Å²) in [6.07, 6.45) is 0. The predicted octanol–water partition coefficient (Wildman–Crippen LogP) is 2.18. The molecule has 1 aliphatic rings. The fourth-order valence-corrected chi connectivity index (χ4v) is 2.69. The van der Waals surface area contributed by atoms with Crippen LogP contribution in [0, 0.1) is 11.6 Å². The topological polar surface area (TPSA) is 54.2 Å². The Labute approximate surface area is 128 Å². The average Bonchev–Trinajstić information content (AvgIpc) is 2.94. The number of nitrogens with one attached hydrogen (secondary N) is 1.